The van der Waals surface area contributed by atoms with Crippen LogP contribution in [0.4, 0.5) is 0 Å². The van der Waals surface area contributed by atoms with Crippen LogP contribution in [0.1, 0.15) is 33.1 Å². The number of nitrogens with one attached hydrogen (secondary N) is 1. The van der Waals surface area contributed by atoms with E-state index in [0.29, 0.717) is 6.54 Å². The molecule has 2 unspecified atom stereocenters. The Morgan fingerprint density at radius 1 is 1.50 bits per heavy atom. The molecule has 0 saturated carbocycles. The van der Waals surface area contributed by atoms with Gasteiger partial charge in [-0.3, -0.25) is 4.79 Å². The largest absolute Gasteiger partial charge is 0.384 e. The highest BCUT2D eigenvalue weighted by molar-refractivity contribution is 7.89. The third-order valence-electron chi connectivity index (χ3n) is 3.69. The zero-order chi connectivity index (χ0) is 15.2. The zero-order valence-electron chi connectivity index (χ0n) is 12.6. The van der Waals surface area contributed by atoms with E-state index >= 15 is 0 Å². The molecule has 1 amide bonds. The molecule has 1 heterocycles. The van der Waals surface area contributed by atoms with Gasteiger partial charge in [-0.15, -0.1) is 0 Å². The second-order valence-corrected chi connectivity index (χ2v) is 7.41. The van der Waals surface area contributed by atoms with Crippen LogP contribution in [0, 0.1) is 5.92 Å². The number of carbonyl (C=O) groups excluding carboxylic acids is 1. The monoisotopic (exact) mass is 306 g/mol. The van der Waals surface area contributed by atoms with Crippen molar-refractivity contribution in [3.63, 3.8) is 0 Å². The Morgan fingerprint density at radius 3 is 2.80 bits per heavy atom. The molecule has 1 fully saturated rings. The van der Waals surface area contributed by atoms with E-state index in [-0.39, 0.29) is 36.8 Å². The molecule has 118 valence electrons. The first-order chi connectivity index (χ1) is 9.40. The standard InChI is InChI=1S/C13H26N2O4S/c1-4-11(2)14-13(16)12-6-5-7-15(10-12)20(17,18)9-8-19-3/h11-12H,4-10H2,1-3H3,(H,14,16). The van der Waals surface area contributed by atoms with Gasteiger partial charge in [-0.05, 0) is 26.2 Å². The maximum atomic E-state index is 12.1. The molecule has 1 saturated heterocycles. The van der Waals surface area contributed by atoms with Gasteiger partial charge >= 0.3 is 0 Å². The number of hydrogen-bond donors (Lipinski definition) is 1. The average molecular weight is 306 g/mol. The number of carbonyl (C=O) groups is 1. The summed E-state index contributed by atoms with van der Waals surface area (Å²) in [4.78, 5) is 12.1. The van der Waals surface area contributed by atoms with Crippen molar-refractivity contribution >= 4 is 15.9 Å². The molecule has 0 bridgehead atoms. The predicted octanol–water partition coefficient (Wildman–Crippen LogP) is 0.589. The summed E-state index contributed by atoms with van der Waals surface area (Å²) in [7, 11) is -1.84. The van der Waals surface area contributed by atoms with E-state index in [1.54, 1.807) is 0 Å². The maximum Gasteiger partial charge on any atom is 0.224 e. The first-order valence-electron chi connectivity index (χ1n) is 7.17. The average Bonchev–Trinajstić information content (AvgIpc) is 2.45. The minimum Gasteiger partial charge on any atom is -0.384 e. The topological polar surface area (TPSA) is 75.7 Å². The molecule has 0 aromatic carbocycles. The van der Waals surface area contributed by atoms with Gasteiger partial charge in [0.15, 0.2) is 0 Å². The zero-order valence-corrected chi connectivity index (χ0v) is 13.4. The molecule has 0 spiro atoms. The number of rotatable bonds is 7. The molecule has 2 atom stereocenters. The number of methoxy groups -OCH3 is 1. The van der Waals surface area contributed by atoms with Gasteiger partial charge in [0, 0.05) is 26.2 Å². The van der Waals surface area contributed by atoms with Gasteiger partial charge in [-0.2, -0.15) is 0 Å². The Bertz CT molecular complexity index is 411. The van der Waals surface area contributed by atoms with Crippen LogP contribution in [0.15, 0.2) is 0 Å². The lowest BCUT2D eigenvalue weighted by molar-refractivity contribution is -0.126. The normalized spacial score (nSPS) is 22.4. The van der Waals surface area contributed by atoms with E-state index in [1.807, 2.05) is 13.8 Å². The number of piperidine rings is 1. The van der Waals surface area contributed by atoms with Gasteiger partial charge in [0.2, 0.25) is 15.9 Å². The molecule has 1 aliphatic heterocycles. The molecule has 0 aromatic heterocycles. The molecule has 20 heavy (non-hydrogen) atoms. The molecular formula is C13H26N2O4S. The van der Waals surface area contributed by atoms with Crippen molar-refractivity contribution in [1.29, 1.82) is 0 Å². The van der Waals surface area contributed by atoms with Gasteiger partial charge in [0.05, 0.1) is 18.3 Å². The van der Waals surface area contributed by atoms with Crippen molar-refractivity contribution in [2.45, 2.75) is 39.2 Å². The minimum atomic E-state index is -3.32. The predicted molar refractivity (Wildman–Crippen MR) is 77.9 cm³/mol. The van der Waals surface area contributed by atoms with Crippen LogP contribution in [0.2, 0.25) is 0 Å². The molecule has 1 aliphatic rings. The SMILES string of the molecule is CCC(C)NC(=O)C1CCCN(S(=O)(=O)CCOC)C1. The van der Waals surface area contributed by atoms with Gasteiger partial charge < -0.3 is 10.1 Å². The lowest BCUT2D eigenvalue weighted by atomic mass is 9.98. The molecular weight excluding hydrogens is 280 g/mol. The van der Waals surface area contributed by atoms with Crippen LogP contribution in [0.3, 0.4) is 0 Å². The minimum absolute atomic E-state index is 0.0246. The van der Waals surface area contributed by atoms with Crippen LogP contribution in [-0.4, -0.2) is 57.2 Å². The highest BCUT2D eigenvalue weighted by Crippen LogP contribution is 2.20. The van der Waals surface area contributed by atoms with E-state index in [4.69, 9.17) is 4.74 Å². The fraction of sp³-hybridized carbons (Fsp3) is 0.923. The Kier molecular flexibility index (Phi) is 6.91. The Hall–Kier alpha value is -0.660. The van der Waals surface area contributed by atoms with Crippen LogP contribution < -0.4 is 5.32 Å². The van der Waals surface area contributed by atoms with Gasteiger partial charge in [0.1, 0.15) is 0 Å². The van der Waals surface area contributed by atoms with Crippen molar-refractivity contribution in [2.75, 3.05) is 32.6 Å². The van der Waals surface area contributed by atoms with E-state index in [2.05, 4.69) is 5.32 Å². The summed E-state index contributed by atoms with van der Waals surface area (Å²) >= 11 is 0. The number of sulfonamides is 1. The number of ether oxygens (including phenoxy) is 1. The second-order valence-electron chi connectivity index (χ2n) is 5.32. The fourth-order valence-corrected chi connectivity index (χ4v) is 3.64. The number of nitrogens with zero attached hydrogens (tertiary/aromatic N) is 1. The smallest absolute Gasteiger partial charge is 0.224 e. The number of hydrogen-bond acceptors (Lipinski definition) is 4. The quantitative estimate of drug-likeness (QED) is 0.747. The van der Waals surface area contributed by atoms with E-state index < -0.39 is 10.0 Å². The molecule has 0 aromatic rings. The number of amides is 1. The summed E-state index contributed by atoms with van der Waals surface area (Å²) in [5.41, 5.74) is 0. The van der Waals surface area contributed by atoms with Gasteiger partial charge in [-0.25, -0.2) is 12.7 Å². The summed E-state index contributed by atoms with van der Waals surface area (Å²) in [5.74, 6) is -0.301. The first kappa shape index (κ1) is 17.4. The Balaban J connectivity index is 2.60. The van der Waals surface area contributed by atoms with Crippen molar-refractivity contribution in [3.05, 3.63) is 0 Å². The lowest BCUT2D eigenvalue weighted by Crippen LogP contribution is -2.47. The highest BCUT2D eigenvalue weighted by Gasteiger charge is 2.32. The summed E-state index contributed by atoms with van der Waals surface area (Å²) in [5, 5.41) is 2.93. The van der Waals surface area contributed by atoms with E-state index in [1.165, 1.54) is 11.4 Å². The summed E-state index contributed by atoms with van der Waals surface area (Å²) in [6.07, 6.45) is 2.34. The third kappa shape index (κ3) is 5.03. The molecule has 1 N–H and O–H groups in total. The van der Waals surface area contributed by atoms with Gasteiger partial charge in [-0.1, -0.05) is 6.92 Å². The van der Waals surface area contributed by atoms with Crippen molar-refractivity contribution < 1.29 is 17.9 Å². The molecule has 1 rings (SSSR count). The Labute approximate surface area is 121 Å². The van der Waals surface area contributed by atoms with Gasteiger partial charge in [0.25, 0.3) is 0 Å². The van der Waals surface area contributed by atoms with E-state index in [0.717, 1.165) is 19.3 Å². The van der Waals surface area contributed by atoms with E-state index in [9.17, 15) is 13.2 Å². The maximum absolute atomic E-state index is 12.1. The lowest BCUT2D eigenvalue weighted by Gasteiger charge is -2.31. The first-order valence-corrected chi connectivity index (χ1v) is 8.78. The van der Waals surface area contributed by atoms with Crippen molar-refractivity contribution in [3.8, 4) is 0 Å². The molecule has 0 radical (unpaired) electrons. The van der Waals surface area contributed by atoms with Crippen LogP contribution in [-0.2, 0) is 19.6 Å². The van der Waals surface area contributed by atoms with Crippen molar-refractivity contribution in [2.24, 2.45) is 5.92 Å². The summed E-state index contributed by atoms with van der Waals surface area (Å²) in [6, 6.07) is 0.128. The molecule has 7 heteroatoms. The Morgan fingerprint density at radius 2 is 2.20 bits per heavy atom. The molecule has 6 nitrogen and oxygen atoms in total. The summed E-state index contributed by atoms with van der Waals surface area (Å²) in [6.45, 7) is 4.93. The fourth-order valence-electron chi connectivity index (χ4n) is 2.19. The second kappa shape index (κ2) is 7.95. The van der Waals surface area contributed by atoms with Crippen LogP contribution in [0.25, 0.3) is 0 Å². The van der Waals surface area contributed by atoms with Crippen LogP contribution in [0.5, 0.6) is 0 Å². The van der Waals surface area contributed by atoms with Crippen LogP contribution >= 0.6 is 0 Å². The van der Waals surface area contributed by atoms with Crippen molar-refractivity contribution in [1.82, 2.24) is 9.62 Å². The third-order valence-corrected chi connectivity index (χ3v) is 5.50. The molecule has 0 aliphatic carbocycles. The summed E-state index contributed by atoms with van der Waals surface area (Å²) < 4.78 is 30.5. The highest BCUT2D eigenvalue weighted by atomic mass is 32.2.